The van der Waals surface area contributed by atoms with E-state index in [1.54, 1.807) is 4.68 Å². The summed E-state index contributed by atoms with van der Waals surface area (Å²) in [6.07, 6.45) is 3.86. The van der Waals surface area contributed by atoms with Gasteiger partial charge in [0.2, 0.25) is 0 Å². The van der Waals surface area contributed by atoms with Crippen molar-refractivity contribution in [1.82, 2.24) is 9.78 Å². The Kier molecular flexibility index (Phi) is 2.19. The van der Waals surface area contributed by atoms with Crippen LogP contribution in [0.1, 0.15) is 0 Å². The van der Waals surface area contributed by atoms with Crippen LogP contribution in [0.4, 0.5) is 0 Å². The highest BCUT2D eigenvalue weighted by atomic mass is 79.9. The first kappa shape index (κ1) is 8.51. The zero-order chi connectivity index (χ0) is 9.26. The van der Waals surface area contributed by atoms with Crippen LogP contribution in [0.2, 0.25) is 0 Å². The van der Waals surface area contributed by atoms with Crippen LogP contribution in [-0.4, -0.2) is 9.78 Å². The SMILES string of the molecule is Cn1cc(-c2ccccc2Br)cn1. The van der Waals surface area contributed by atoms with Crippen molar-refractivity contribution in [2.24, 2.45) is 7.05 Å². The van der Waals surface area contributed by atoms with E-state index in [0.29, 0.717) is 0 Å². The summed E-state index contributed by atoms with van der Waals surface area (Å²) in [5.41, 5.74) is 2.31. The van der Waals surface area contributed by atoms with Crippen molar-refractivity contribution in [1.29, 1.82) is 0 Å². The number of benzene rings is 1. The molecule has 3 heteroatoms. The number of halogens is 1. The van der Waals surface area contributed by atoms with Crippen molar-refractivity contribution in [3.8, 4) is 11.1 Å². The highest BCUT2D eigenvalue weighted by molar-refractivity contribution is 9.10. The Morgan fingerprint density at radius 1 is 1.31 bits per heavy atom. The van der Waals surface area contributed by atoms with Gasteiger partial charge >= 0.3 is 0 Å². The molecule has 0 aliphatic heterocycles. The minimum Gasteiger partial charge on any atom is -0.275 e. The second kappa shape index (κ2) is 3.34. The normalized spacial score (nSPS) is 10.3. The fourth-order valence-corrected chi connectivity index (χ4v) is 1.77. The summed E-state index contributed by atoms with van der Waals surface area (Å²) < 4.78 is 2.90. The first-order chi connectivity index (χ1) is 6.27. The highest BCUT2D eigenvalue weighted by Crippen LogP contribution is 2.26. The fraction of sp³-hybridized carbons (Fsp3) is 0.100. The molecule has 2 aromatic rings. The van der Waals surface area contributed by atoms with Crippen molar-refractivity contribution < 1.29 is 0 Å². The van der Waals surface area contributed by atoms with Gasteiger partial charge in [-0.05, 0) is 11.6 Å². The van der Waals surface area contributed by atoms with Crippen molar-refractivity contribution in [3.63, 3.8) is 0 Å². The zero-order valence-corrected chi connectivity index (χ0v) is 8.82. The minimum absolute atomic E-state index is 1.10. The molecule has 0 aliphatic rings. The van der Waals surface area contributed by atoms with E-state index in [0.717, 1.165) is 10.0 Å². The van der Waals surface area contributed by atoms with E-state index in [-0.39, 0.29) is 0 Å². The Hall–Kier alpha value is -1.09. The van der Waals surface area contributed by atoms with E-state index < -0.39 is 0 Å². The Morgan fingerprint density at radius 2 is 2.08 bits per heavy atom. The zero-order valence-electron chi connectivity index (χ0n) is 7.24. The number of aromatic nitrogens is 2. The monoisotopic (exact) mass is 236 g/mol. The lowest BCUT2D eigenvalue weighted by Gasteiger charge is -1.98. The largest absolute Gasteiger partial charge is 0.275 e. The van der Waals surface area contributed by atoms with Crippen LogP contribution in [0.3, 0.4) is 0 Å². The average molecular weight is 237 g/mol. The summed E-state index contributed by atoms with van der Waals surface area (Å²) in [5, 5.41) is 4.13. The minimum atomic E-state index is 1.10. The molecular formula is C10H9BrN2. The topological polar surface area (TPSA) is 17.8 Å². The van der Waals surface area contributed by atoms with Crippen molar-refractivity contribution in [2.75, 3.05) is 0 Å². The van der Waals surface area contributed by atoms with Crippen LogP contribution in [0.25, 0.3) is 11.1 Å². The van der Waals surface area contributed by atoms with Crippen molar-refractivity contribution >= 4 is 15.9 Å². The lowest BCUT2D eigenvalue weighted by atomic mass is 10.1. The smallest absolute Gasteiger partial charge is 0.0568 e. The molecule has 0 radical (unpaired) electrons. The van der Waals surface area contributed by atoms with Gasteiger partial charge in [-0.1, -0.05) is 34.1 Å². The van der Waals surface area contributed by atoms with E-state index in [4.69, 9.17) is 0 Å². The third-order valence-electron chi connectivity index (χ3n) is 1.89. The maximum atomic E-state index is 4.13. The van der Waals surface area contributed by atoms with Gasteiger partial charge in [-0.3, -0.25) is 4.68 Å². The number of hydrogen-bond acceptors (Lipinski definition) is 1. The van der Waals surface area contributed by atoms with Gasteiger partial charge in [-0.2, -0.15) is 5.10 Å². The molecule has 0 fully saturated rings. The van der Waals surface area contributed by atoms with E-state index in [9.17, 15) is 0 Å². The molecule has 0 bridgehead atoms. The van der Waals surface area contributed by atoms with Gasteiger partial charge in [0.15, 0.2) is 0 Å². The van der Waals surface area contributed by atoms with Gasteiger partial charge in [-0.25, -0.2) is 0 Å². The first-order valence-electron chi connectivity index (χ1n) is 4.01. The standard InChI is InChI=1S/C10H9BrN2/c1-13-7-8(6-12-13)9-4-2-3-5-10(9)11/h2-7H,1H3. The van der Waals surface area contributed by atoms with Gasteiger partial charge in [0.1, 0.15) is 0 Å². The van der Waals surface area contributed by atoms with Gasteiger partial charge in [0.05, 0.1) is 6.20 Å². The highest BCUT2D eigenvalue weighted by Gasteiger charge is 2.02. The van der Waals surface area contributed by atoms with Gasteiger partial charge < -0.3 is 0 Å². The Morgan fingerprint density at radius 3 is 2.69 bits per heavy atom. The Labute approximate surface area is 85.3 Å². The summed E-state index contributed by atoms with van der Waals surface area (Å²) in [4.78, 5) is 0. The van der Waals surface area contributed by atoms with Crippen molar-refractivity contribution in [2.45, 2.75) is 0 Å². The quantitative estimate of drug-likeness (QED) is 0.745. The van der Waals surface area contributed by atoms with Gasteiger partial charge in [0, 0.05) is 23.3 Å². The lowest BCUT2D eigenvalue weighted by molar-refractivity contribution is 0.768. The van der Waals surface area contributed by atoms with Gasteiger partial charge in [0.25, 0.3) is 0 Å². The number of rotatable bonds is 1. The van der Waals surface area contributed by atoms with E-state index in [1.807, 2.05) is 37.6 Å². The molecule has 1 aromatic carbocycles. The van der Waals surface area contributed by atoms with Crippen LogP contribution in [-0.2, 0) is 7.05 Å². The Bertz CT molecular complexity index is 420. The summed E-state index contributed by atoms with van der Waals surface area (Å²) >= 11 is 3.51. The van der Waals surface area contributed by atoms with Crippen LogP contribution in [0, 0.1) is 0 Å². The molecule has 0 N–H and O–H groups in total. The molecular weight excluding hydrogens is 228 g/mol. The third-order valence-corrected chi connectivity index (χ3v) is 2.58. The Balaban J connectivity index is 2.52. The maximum Gasteiger partial charge on any atom is 0.0568 e. The van der Waals surface area contributed by atoms with Crippen LogP contribution in [0.15, 0.2) is 41.1 Å². The molecule has 0 unspecified atom stereocenters. The predicted octanol–water partition coefficient (Wildman–Crippen LogP) is 2.85. The predicted molar refractivity (Wildman–Crippen MR) is 56.3 cm³/mol. The summed E-state index contributed by atoms with van der Waals surface area (Å²) in [5.74, 6) is 0. The lowest BCUT2D eigenvalue weighted by Crippen LogP contribution is -1.84. The molecule has 66 valence electrons. The summed E-state index contributed by atoms with van der Waals surface area (Å²) in [6, 6.07) is 8.13. The second-order valence-corrected chi connectivity index (χ2v) is 3.74. The molecule has 0 atom stereocenters. The van der Waals surface area contributed by atoms with E-state index in [1.165, 1.54) is 5.56 Å². The molecule has 0 spiro atoms. The average Bonchev–Trinajstić information content (AvgIpc) is 2.53. The molecule has 0 saturated carbocycles. The molecule has 13 heavy (non-hydrogen) atoms. The van der Waals surface area contributed by atoms with Crippen LogP contribution < -0.4 is 0 Å². The van der Waals surface area contributed by atoms with Gasteiger partial charge in [-0.15, -0.1) is 0 Å². The maximum absolute atomic E-state index is 4.13. The second-order valence-electron chi connectivity index (χ2n) is 2.88. The van der Waals surface area contributed by atoms with Crippen molar-refractivity contribution in [3.05, 3.63) is 41.1 Å². The summed E-state index contributed by atoms with van der Waals surface area (Å²) in [6.45, 7) is 0. The number of aryl methyl sites for hydroxylation is 1. The molecule has 2 rings (SSSR count). The van der Waals surface area contributed by atoms with Crippen LogP contribution >= 0.6 is 15.9 Å². The van der Waals surface area contributed by atoms with E-state index >= 15 is 0 Å². The third kappa shape index (κ3) is 1.65. The first-order valence-corrected chi connectivity index (χ1v) is 4.80. The molecule has 1 heterocycles. The number of nitrogens with zero attached hydrogens (tertiary/aromatic N) is 2. The van der Waals surface area contributed by atoms with Crippen LogP contribution in [0.5, 0.6) is 0 Å². The number of hydrogen-bond donors (Lipinski definition) is 0. The molecule has 0 amide bonds. The molecule has 1 aromatic heterocycles. The molecule has 0 saturated heterocycles. The van der Waals surface area contributed by atoms with E-state index in [2.05, 4.69) is 27.1 Å². The fourth-order valence-electron chi connectivity index (χ4n) is 1.26. The molecule has 2 nitrogen and oxygen atoms in total. The molecule has 0 aliphatic carbocycles. The summed E-state index contributed by atoms with van der Waals surface area (Å²) in [7, 11) is 1.92.